The molecule has 7 saturated heterocycles. The Hall–Kier alpha value is -7.09. The fraction of sp³-hybridized carbons (Fsp3) is 0.832. The first-order valence-electron chi connectivity index (χ1n) is 53.3. The Balaban J connectivity index is -0.000000363. The van der Waals surface area contributed by atoms with Crippen molar-refractivity contribution in [2.24, 2.45) is 65.1 Å². The molecule has 0 unspecified atom stereocenters. The Labute approximate surface area is 888 Å². The largest absolute Gasteiger partial charge is 0.384 e. The van der Waals surface area contributed by atoms with Crippen molar-refractivity contribution in [1.29, 1.82) is 0 Å². The molecule has 7 aliphatic heterocycles. The van der Waals surface area contributed by atoms with Gasteiger partial charge in [-0.3, -0.25) is 33.8 Å². The van der Waals surface area contributed by atoms with Gasteiger partial charge in [0.15, 0.2) is 25.5 Å². The van der Waals surface area contributed by atoms with Gasteiger partial charge in [0.1, 0.15) is 25.4 Å². The van der Waals surface area contributed by atoms with Gasteiger partial charge in [-0.25, -0.2) is 26.4 Å². The third kappa shape index (κ3) is 98.7. The highest BCUT2D eigenvalue weighted by Crippen LogP contribution is 2.15. The zero-order valence-electron chi connectivity index (χ0n) is 98.9. The number of nitrogens with zero attached hydrogens (tertiary/aromatic N) is 13. The van der Waals surface area contributed by atoms with Crippen LogP contribution in [0.25, 0.3) is 0 Å². The summed E-state index contributed by atoms with van der Waals surface area (Å²) < 4.78 is 64.3. The number of carbonyl (C=O) groups excluding carboxylic acids is 7. The van der Waals surface area contributed by atoms with Crippen LogP contribution in [-0.4, -0.2) is 427 Å². The molecular weight excluding hydrogens is 1880 g/mol. The highest BCUT2D eigenvalue weighted by Gasteiger charge is 2.27. The second-order valence-corrected chi connectivity index (χ2v) is 47.5. The predicted molar refractivity (Wildman–Crippen MR) is 602 cm³/mol. The van der Waals surface area contributed by atoms with Gasteiger partial charge in [0.05, 0.1) is 62.5 Å². The number of carbonyl (C=O) groups is 7. The number of amides is 8. The van der Waals surface area contributed by atoms with Crippen LogP contribution in [0, 0.1) is 136 Å². The van der Waals surface area contributed by atoms with Crippen LogP contribution >= 0.6 is 0 Å². The lowest BCUT2D eigenvalue weighted by molar-refractivity contribution is -0.136. The maximum absolute atomic E-state index is 11.9. The van der Waals surface area contributed by atoms with Crippen LogP contribution in [0.1, 0.15) is 258 Å². The molecule has 844 valence electrons. The first-order valence-corrected chi connectivity index (χ1v) is 56.9. The molecule has 0 aromatic heterocycles. The minimum atomic E-state index is -2.75. The molecule has 7 fully saturated rings. The van der Waals surface area contributed by atoms with Gasteiger partial charge in [0.25, 0.3) is 0 Å². The van der Waals surface area contributed by atoms with Gasteiger partial charge in [-0.1, -0.05) is 212 Å². The number of hydrogen-bond acceptors (Lipinski definition) is 22. The molecular formula is C113H213N13O17S2. The van der Waals surface area contributed by atoms with Crippen molar-refractivity contribution in [2.75, 3.05) is 277 Å². The molecule has 0 atom stereocenters. The molecule has 0 aliphatic carbocycles. The number of urea groups is 2. The molecule has 0 aromatic carbocycles. The molecule has 0 saturated carbocycles. The first kappa shape index (κ1) is 149. The first-order chi connectivity index (χ1) is 67.4. The Morgan fingerprint density at radius 1 is 0.393 bits per heavy atom. The normalized spacial score (nSPS) is 15.9. The predicted octanol–water partition coefficient (Wildman–Crippen LogP) is 13.7. The van der Waals surface area contributed by atoms with Gasteiger partial charge in [0, 0.05) is 260 Å². The van der Waals surface area contributed by atoms with Crippen LogP contribution in [0.5, 0.6) is 0 Å². The van der Waals surface area contributed by atoms with E-state index in [-0.39, 0.29) is 66.5 Å². The number of Topliss-reactive ketones (excluding diaryl/α,β-unsaturated/α-hetero) is 1. The maximum atomic E-state index is 11.9. The lowest BCUT2D eigenvalue weighted by Crippen LogP contribution is -2.52. The zero-order chi connectivity index (χ0) is 113. The average Bonchev–Trinajstić information content (AvgIpc) is 0.885. The van der Waals surface area contributed by atoms with Crippen LogP contribution in [0.3, 0.4) is 0 Å². The Morgan fingerprint density at radius 2 is 0.738 bits per heavy atom. The number of methoxy groups -OCH3 is 2. The molecule has 0 bridgehead atoms. The quantitative estimate of drug-likeness (QED) is 0.101. The molecule has 0 aromatic rings. The lowest BCUT2D eigenvalue weighted by atomic mass is 10.1. The number of rotatable bonds is 21. The van der Waals surface area contributed by atoms with Gasteiger partial charge in [-0.15, -0.1) is 11.8 Å². The monoisotopic (exact) mass is 2090 g/mol. The van der Waals surface area contributed by atoms with Crippen molar-refractivity contribution in [3.05, 3.63) is 0 Å². The van der Waals surface area contributed by atoms with E-state index in [2.05, 4.69) is 197 Å². The van der Waals surface area contributed by atoms with Crippen LogP contribution in [0.4, 0.5) is 9.59 Å². The zero-order valence-corrected chi connectivity index (χ0v) is 100. The van der Waals surface area contributed by atoms with Crippen LogP contribution in [0.2, 0.25) is 0 Å². The third-order valence-electron chi connectivity index (χ3n) is 21.4. The summed E-state index contributed by atoms with van der Waals surface area (Å²) >= 11 is 0. The van der Waals surface area contributed by atoms with E-state index in [9.17, 15) is 50.4 Å². The molecule has 30 nitrogen and oxygen atoms in total. The molecule has 7 heterocycles. The summed E-state index contributed by atoms with van der Waals surface area (Å²) in [6.07, 6.45) is 8.74. The van der Waals surface area contributed by atoms with E-state index in [1.165, 1.54) is 32.8 Å². The van der Waals surface area contributed by atoms with E-state index < -0.39 is 25.3 Å². The van der Waals surface area contributed by atoms with Crippen LogP contribution in [-0.2, 0) is 62.6 Å². The minimum Gasteiger partial charge on any atom is -0.384 e. The van der Waals surface area contributed by atoms with Crippen LogP contribution < -0.4 is 0 Å². The standard InChI is InChI=1S/C10H21N3O.C10H20N2O.C10H21NO2S.C10H17NO2S.C10H17NO.C10H16O2.C9H17NO2.C9H17NO.C8H14O.C7H16N2O.C7H15NO.C7H12O.C6H10O/c1-9(2)12(4)10(14)13-7-5-11(3)6-8-13;1-9(2)8-10(13)12-6-4-11(3)5-7-12;2*1-10(2)4-3-5-11-6-8-14(12,13)9-7-11;1-10(2)4-3-5-11-6-8-12-9-7-11;1-9(2)6-4-5-7-10(11)8-12-3;1-8(2)7-9(11)10-3-5-12-6-4-10;1-8(2)7-9(11)10-5-3-4-6-10;1-7(2)5-6-8(3,4)9;1-6(2)9(5)7(10)8(3)4;1-6(2)5-7(9)8(3)4;1-7(2)5-4-6-8-3;1-6(2)4-3-5-7/h9H,5-8H2,1-4H3;9H,4-8H2,1-3H3;10H,3-9H2,1-2H3;10H,5-9H2,1-2H3;10H,5-9H2,1-2H3;9H,5,7-8H2,1-3H3;8H,3-7H2,1-2H3;8H,3-7H2,1-2H3;7,9H,1-4H3;6H,1-5H3;6H,5H2,1-4H3;7H,6H2,1-3H3;6-7H,5H2,1-2H3. The summed E-state index contributed by atoms with van der Waals surface area (Å²) in [5.41, 5.74) is -0.829. The van der Waals surface area contributed by atoms with Crippen LogP contribution in [0.15, 0.2) is 0 Å². The summed E-state index contributed by atoms with van der Waals surface area (Å²) in [6.45, 7) is 79.3. The fourth-order valence-electron chi connectivity index (χ4n) is 12.5. The number of piperazine rings is 2. The third-order valence-corrected chi connectivity index (χ3v) is 24.6. The maximum Gasteiger partial charge on any atom is 0.320 e. The van der Waals surface area contributed by atoms with Gasteiger partial charge in [0.2, 0.25) is 23.6 Å². The van der Waals surface area contributed by atoms with E-state index >= 15 is 0 Å². The number of aliphatic hydroxyl groups excluding tert-OH is 1. The number of likely N-dealkylation sites (N-methyl/N-ethyl adjacent to an activating group) is 2. The molecule has 0 spiro atoms. The molecule has 145 heavy (non-hydrogen) atoms. The van der Waals surface area contributed by atoms with Crippen molar-refractivity contribution < 1.29 is 79.6 Å². The van der Waals surface area contributed by atoms with E-state index in [0.717, 1.165) is 143 Å². The van der Waals surface area contributed by atoms with Gasteiger partial charge in [-0.2, -0.15) is 0 Å². The summed E-state index contributed by atoms with van der Waals surface area (Å²) in [5.74, 6) is 42.9. The van der Waals surface area contributed by atoms with Gasteiger partial charge >= 0.3 is 12.1 Å². The summed E-state index contributed by atoms with van der Waals surface area (Å²) in [5, 5.41) is 17.2. The van der Waals surface area contributed by atoms with Gasteiger partial charge in [-0.05, 0) is 117 Å². The van der Waals surface area contributed by atoms with Crippen molar-refractivity contribution in [3.63, 3.8) is 0 Å². The lowest BCUT2D eigenvalue weighted by Gasteiger charge is -2.36. The van der Waals surface area contributed by atoms with Crippen molar-refractivity contribution in [1.82, 2.24) is 63.7 Å². The second kappa shape index (κ2) is 89.7. The van der Waals surface area contributed by atoms with E-state index in [0.29, 0.717) is 154 Å². The second-order valence-electron chi connectivity index (χ2n) is 42.9. The number of hydrogen-bond donors (Lipinski definition) is 2. The molecule has 0 radical (unpaired) electrons. The Kier molecular flexibility index (Phi) is 91.9. The average molecular weight is 2090 g/mol. The SMILES string of the molecule is CC(C)C#CC(C)(C)O.CC(C)C#CCN1CCOCC1.CC(C)C#CCN1CCS(=O)(=O)CC1.CC(C)C#CCO.CC(C)CC(=O)N(C)C.CC(C)CC(=O)N1CCCC1.CC(C)CC(=O)N1CCN(C)CC1.CC(C)CC(=O)N1CCOCC1.CC(C)CCCN1CCS(=O)(=O)CC1.CC(C)N(C)C(=O)N(C)C.CC(C)N(C)C(=O)N1CCN(C)CC1.COCC#CC(C)C.COCC(=O)CCC#CC(C)C. The number of sulfone groups is 2. The fourth-order valence-corrected chi connectivity index (χ4v) is 15.0. The van der Waals surface area contributed by atoms with Crippen molar-refractivity contribution in [2.45, 2.75) is 276 Å². The van der Waals surface area contributed by atoms with E-state index in [4.69, 9.17) is 24.4 Å². The molecule has 7 aliphatic rings. The smallest absolute Gasteiger partial charge is 0.320 e. The van der Waals surface area contributed by atoms with Gasteiger partial charge < -0.3 is 83.1 Å². The summed E-state index contributed by atoms with van der Waals surface area (Å²) in [6, 6.07) is 0.764. The highest BCUT2D eigenvalue weighted by atomic mass is 32.2. The Morgan fingerprint density at radius 3 is 1.05 bits per heavy atom. The molecule has 8 amide bonds. The topological polar surface area (TPSA) is 307 Å². The summed E-state index contributed by atoms with van der Waals surface area (Å²) in [7, 11) is 12.7. The molecule has 2 N–H and O–H groups in total. The van der Waals surface area contributed by atoms with Crippen molar-refractivity contribution >= 4 is 61.1 Å². The molecule has 7 rings (SSSR count). The number of ether oxygens (including phenoxy) is 4. The number of aliphatic hydroxyl groups is 2. The number of morpholine rings is 2. The minimum absolute atomic E-state index is 0.0157. The van der Waals surface area contributed by atoms with Crippen molar-refractivity contribution in [3.8, 4) is 71.0 Å². The Bertz CT molecular complexity index is 3980. The number of ketones is 1. The molecule has 32 heteroatoms. The van der Waals surface area contributed by atoms with E-state index in [1.807, 2.05) is 124 Å². The summed E-state index contributed by atoms with van der Waals surface area (Å²) in [4.78, 5) is 105. The number of likely N-dealkylation sites (tertiary alicyclic amines) is 1. The highest BCUT2D eigenvalue weighted by molar-refractivity contribution is 7.91. The van der Waals surface area contributed by atoms with E-state index in [1.54, 1.807) is 75.8 Å².